The summed E-state index contributed by atoms with van der Waals surface area (Å²) in [6.45, 7) is 4.09. The first-order chi connectivity index (χ1) is 8.02. The zero-order valence-corrected chi connectivity index (χ0v) is 10.3. The van der Waals surface area contributed by atoms with Gasteiger partial charge in [0, 0.05) is 24.8 Å². The van der Waals surface area contributed by atoms with Crippen LogP contribution in [-0.4, -0.2) is 38.7 Å². The number of carbonyl (C=O) groups excluding carboxylic acids is 1. The molecule has 0 fully saturated rings. The van der Waals surface area contributed by atoms with Crippen LogP contribution < -0.4 is 0 Å². The van der Waals surface area contributed by atoms with Gasteiger partial charge >= 0.3 is 5.97 Å². The van der Waals surface area contributed by atoms with Crippen LogP contribution in [0.2, 0.25) is 0 Å². The van der Waals surface area contributed by atoms with Crippen molar-refractivity contribution in [2.45, 2.75) is 26.3 Å². The summed E-state index contributed by atoms with van der Waals surface area (Å²) in [5.41, 5.74) is 1.31. The van der Waals surface area contributed by atoms with Gasteiger partial charge in [0.1, 0.15) is 0 Å². The summed E-state index contributed by atoms with van der Waals surface area (Å²) in [4.78, 5) is 23.6. The molecule has 94 valence electrons. The van der Waals surface area contributed by atoms with Crippen LogP contribution >= 0.6 is 0 Å². The highest BCUT2D eigenvalue weighted by Gasteiger charge is 2.29. The molecule has 1 N–H and O–H groups in total. The summed E-state index contributed by atoms with van der Waals surface area (Å²) >= 11 is 0. The number of aromatic nitrogens is 2. The number of rotatable bonds is 6. The van der Waals surface area contributed by atoms with Gasteiger partial charge in [-0.2, -0.15) is 5.10 Å². The molecule has 6 nitrogen and oxygen atoms in total. The van der Waals surface area contributed by atoms with E-state index in [2.05, 4.69) is 5.10 Å². The maximum absolute atomic E-state index is 11.3. The second kappa shape index (κ2) is 5.47. The highest BCUT2D eigenvalue weighted by molar-refractivity contribution is 5.78. The number of carboxylic acid groups (broad SMARTS) is 1. The van der Waals surface area contributed by atoms with Crippen molar-refractivity contribution in [3.63, 3.8) is 0 Å². The summed E-state index contributed by atoms with van der Waals surface area (Å²) in [6, 6.07) is -0.957. The lowest BCUT2D eigenvalue weighted by atomic mass is 10.1. The van der Waals surface area contributed by atoms with Crippen LogP contribution in [0.15, 0.2) is 6.20 Å². The Morgan fingerprint density at radius 1 is 1.71 bits per heavy atom. The standard InChI is InChI=1S/C11H17N3O3/c1-4-5-14(7-15)10(11(16)17)9-6-12-13(3)8(9)2/h6-7,10H,4-5H2,1-3H3,(H,16,17). The van der Waals surface area contributed by atoms with Crippen LogP contribution in [0.4, 0.5) is 0 Å². The number of hydrogen-bond donors (Lipinski definition) is 1. The van der Waals surface area contributed by atoms with Crippen molar-refractivity contribution in [1.29, 1.82) is 0 Å². The maximum atomic E-state index is 11.3. The highest BCUT2D eigenvalue weighted by Crippen LogP contribution is 2.22. The topological polar surface area (TPSA) is 75.4 Å². The molecule has 0 bridgehead atoms. The lowest BCUT2D eigenvalue weighted by molar-refractivity contribution is -0.146. The number of hydrogen-bond acceptors (Lipinski definition) is 3. The number of carbonyl (C=O) groups is 2. The lowest BCUT2D eigenvalue weighted by Gasteiger charge is -2.24. The Kier molecular flexibility index (Phi) is 4.25. The molecule has 1 heterocycles. The highest BCUT2D eigenvalue weighted by atomic mass is 16.4. The Balaban J connectivity index is 3.12. The van der Waals surface area contributed by atoms with Gasteiger partial charge in [-0.05, 0) is 13.3 Å². The fourth-order valence-electron chi connectivity index (χ4n) is 1.74. The quantitative estimate of drug-likeness (QED) is 0.742. The molecule has 0 aliphatic carbocycles. The molecule has 0 aliphatic heterocycles. The Morgan fingerprint density at radius 2 is 2.35 bits per heavy atom. The van der Waals surface area contributed by atoms with Crippen LogP contribution in [0.25, 0.3) is 0 Å². The third-order valence-electron chi connectivity index (χ3n) is 2.75. The molecule has 1 amide bonds. The van der Waals surface area contributed by atoms with Gasteiger partial charge in [-0.1, -0.05) is 6.92 Å². The summed E-state index contributed by atoms with van der Waals surface area (Å²) in [7, 11) is 1.74. The molecule has 0 spiro atoms. The monoisotopic (exact) mass is 239 g/mol. The van der Waals surface area contributed by atoms with E-state index in [4.69, 9.17) is 0 Å². The Morgan fingerprint density at radius 3 is 2.71 bits per heavy atom. The van der Waals surface area contributed by atoms with E-state index in [0.717, 1.165) is 5.69 Å². The average Bonchev–Trinajstić information content (AvgIpc) is 2.60. The van der Waals surface area contributed by atoms with Crippen molar-refractivity contribution in [3.8, 4) is 0 Å². The molecule has 6 heteroatoms. The summed E-state index contributed by atoms with van der Waals surface area (Å²) in [5.74, 6) is -1.04. The third-order valence-corrected chi connectivity index (χ3v) is 2.75. The second-order valence-corrected chi connectivity index (χ2v) is 3.89. The van der Waals surface area contributed by atoms with Gasteiger partial charge in [0.25, 0.3) is 0 Å². The van der Waals surface area contributed by atoms with Crippen LogP contribution in [0.5, 0.6) is 0 Å². The van der Waals surface area contributed by atoms with Crippen molar-refractivity contribution in [2.75, 3.05) is 6.54 Å². The fraction of sp³-hybridized carbons (Fsp3) is 0.545. The van der Waals surface area contributed by atoms with Crippen LogP contribution in [-0.2, 0) is 16.6 Å². The van der Waals surface area contributed by atoms with Crippen LogP contribution in [0.3, 0.4) is 0 Å². The van der Waals surface area contributed by atoms with Gasteiger partial charge in [0.15, 0.2) is 6.04 Å². The minimum Gasteiger partial charge on any atom is -0.479 e. The number of nitrogens with zero attached hydrogens (tertiary/aromatic N) is 3. The van der Waals surface area contributed by atoms with E-state index >= 15 is 0 Å². The van der Waals surface area contributed by atoms with Crippen molar-refractivity contribution in [2.24, 2.45) is 7.05 Å². The molecule has 0 radical (unpaired) electrons. The van der Waals surface area contributed by atoms with E-state index in [0.29, 0.717) is 24.9 Å². The van der Waals surface area contributed by atoms with Crippen molar-refractivity contribution >= 4 is 12.4 Å². The summed E-state index contributed by atoms with van der Waals surface area (Å²) in [5, 5.41) is 13.3. The summed E-state index contributed by atoms with van der Waals surface area (Å²) < 4.78 is 1.60. The molecule has 0 aromatic carbocycles. The third kappa shape index (κ3) is 2.64. The first-order valence-electron chi connectivity index (χ1n) is 5.45. The van der Waals surface area contributed by atoms with Crippen molar-refractivity contribution in [3.05, 3.63) is 17.5 Å². The number of amides is 1. The zero-order valence-electron chi connectivity index (χ0n) is 10.3. The molecule has 1 atom stereocenters. The van der Waals surface area contributed by atoms with Gasteiger partial charge < -0.3 is 10.0 Å². The Hall–Kier alpha value is -1.85. The van der Waals surface area contributed by atoms with E-state index in [1.54, 1.807) is 18.7 Å². The first-order valence-corrected chi connectivity index (χ1v) is 5.45. The molecule has 0 saturated heterocycles. The maximum Gasteiger partial charge on any atom is 0.331 e. The molecule has 1 aromatic rings. The van der Waals surface area contributed by atoms with E-state index in [-0.39, 0.29) is 0 Å². The minimum atomic E-state index is -1.04. The summed E-state index contributed by atoms with van der Waals surface area (Å²) in [6.07, 6.45) is 2.79. The predicted octanol–water partition coefficient (Wildman–Crippen LogP) is 0.723. The molecule has 1 rings (SSSR count). The fourth-order valence-corrected chi connectivity index (χ4v) is 1.74. The number of carboxylic acids is 1. The predicted molar refractivity (Wildman–Crippen MR) is 61.4 cm³/mol. The van der Waals surface area contributed by atoms with E-state index in [9.17, 15) is 14.7 Å². The molecular formula is C11H17N3O3. The van der Waals surface area contributed by atoms with Crippen molar-refractivity contribution < 1.29 is 14.7 Å². The van der Waals surface area contributed by atoms with Gasteiger partial charge in [0.2, 0.25) is 6.41 Å². The smallest absolute Gasteiger partial charge is 0.331 e. The van der Waals surface area contributed by atoms with Crippen LogP contribution in [0.1, 0.15) is 30.6 Å². The van der Waals surface area contributed by atoms with Gasteiger partial charge in [0.05, 0.1) is 6.20 Å². The molecule has 0 saturated carbocycles. The normalized spacial score (nSPS) is 12.2. The van der Waals surface area contributed by atoms with E-state index in [1.165, 1.54) is 11.1 Å². The Labute approximate surface area is 99.8 Å². The van der Waals surface area contributed by atoms with Gasteiger partial charge in [-0.15, -0.1) is 0 Å². The SMILES string of the molecule is CCCN(C=O)C(C(=O)O)c1cnn(C)c1C. The van der Waals surface area contributed by atoms with E-state index in [1.807, 2.05) is 6.92 Å². The number of aliphatic carboxylic acids is 1. The van der Waals surface area contributed by atoms with Crippen molar-refractivity contribution in [1.82, 2.24) is 14.7 Å². The lowest BCUT2D eigenvalue weighted by Crippen LogP contribution is -2.34. The molecule has 1 aromatic heterocycles. The molecule has 0 aliphatic rings. The number of aryl methyl sites for hydroxylation is 1. The average molecular weight is 239 g/mol. The zero-order chi connectivity index (χ0) is 13.0. The first kappa shape index (κ1) is 13.2. The van der Waals surface area contributed by atoms with Crippen LogP contribution in [0, 0.1) is 6.92 Å². The minimum absolute atomic E-state index is 0.412. The van der Waals surface area contributed by atoms with E-state index < -0.39 is 12.0 Å². The molecule has 17 heavy (non-hydrogen) atoms. The van der Waals surface area contributed by atoms with Gasteiger partial charge in [-0.3, -0.25) is 9.48 Å². The second-order valence-electron chi connectivity index (χ2n) is 3.89. The molecule has 1 unspecified atom stereocenters. The Bertz CT molecular complexity index is 414. The largest absolute Gasteiger partial charge is 0.479 e. The molecular weight excluding hydrogens is 222 g/mol. The van der Waals surface area contributed by atoms with Gasteiger partial charge in [-0.25, -0.2) is 4.79 Å².